The largest absolute Gasteiger partial charge is 0.496 e. The highest BCUT2D eigenvalue weighted by molar-refractivity contribution is 5.83. The third-order valence-electron chi connectivity index (χ3n) is 2.30. The second-order valence-electron chi connectivity index (χ2n) is 3.29. The predicted octanol–water partition coefficient (Wildman–Crippen LogP) is 3.28. The number of hydrogen-bond acceptors (Lipinski definition) is 2. The Morgan fingerprint density at radius 1 is 1.33 bits per heavy atom. The molecule has 0 aliphatic carbocycles. The monoisotopic (exact) mass is 199 g/mol. The quantitative estimate of drug-likeness (QED) is 0.740. The minimum atomic E-state index is 0.883. The average molecular weight is 199 g/mol. The summed E-state index contributed by atoms with van der Waals surface area (Å²) in [5, 5.41) is 1.10. The Hall–Kier alpha value is -1.83. The van der Waals surface area contributed by atoms with Crippen LogP contribution in [0.4, 0.5) is 0 Å². The van der Waals surface area contributed by atoms with Crippen LogP contribution in [0.25, 0.3) is 17.0 Å². The van der Waals surface area contributed by atoms with Gasteiger partial charge in [0.1, 0.15) is 5.75 Å². The van der Waals surface area contributed by atoms with Crippen molar-refractivity contribution in [2.24, 2.45) is 0 Å². The molecule has 2 aromatic rings. The zero-order chi connectivity index (χ0) is 10.7. The van der Waals surface area contributed by atoms with Crippen LogP contribution in [0.5, 0.6) is 5.75 Å². The molecule has 2 rings (SSSR count). The van der Waals surface area contributed by atoms with Gasteiger partial charge in [-0.1, -0.05) is 18.2 Å². The van der Waals surface area contributed by atoms with E-state index in [1.165, 1.54) is 0 Å². The molecule has 1 aromatic heterocycles. The van der Waals surface area contributed by atoms with Gasteiger partial charge >= 0.3 is 0 Å². The number of aromatic nitrogens is 1. The first-order valence-corrected chi connectivity index (χ1v) is 4.90. The lowest BCUT2D eigenvalue weighted by Gasteiger charge is -2.06. The first kappa shape index (κ1) is 9.71. The van der Waals surface area contributed by atoms with E-state index in [0.717, 1.165) is 22.2 Å². The number of allylic oxidation sites excluding steroid dienone is 1. The molecule has 0 saturated carbocycles. The van der Waals surface area contributed by atoms with E-state index in [9.17, 15) is 0 Å². The molecule has 0 spiro atoms. The highest BCUT2D eigenvalue weighted by atomic mass is 16.5. The maximum absolute atomic E-state index is 5.33. The smallest absolute Gasteiger partial charge is 0.126 e. The predicted molar refractivity (Wildman–Crippen MR) is 63.0 cm³/mol. The van der Waals surface area contributed by atoms with E-state index in [4.69, 9.17) is 4.74 Å². The van der Waals surface area contributed by atoms with Crippen molar-refractivity contribution in [1.82, 2.24) is 4.98 Å². The first-order valence-electron chi connectivity index (χ1n) is 4.90. The van der Waals surface area contributed by atoms with Gasteiger partial charge in [0.2, 0.25) is 0 Å². The summed E-state index contributed by atoms with van der Waals surface area (Å²) in [4.78, 5) is 4.31. The topological polar surface area (TPSA) is 22.1 Å². The van der Waals surface area contributed by atoms with E-state index in [2.05, 4.69) is 4.98 Å². The normalized spacial score (nSPS) is 11.1. The van der Waals surface area contributed by atoms with Gasteiger partial charge in [-0.3, -0.25) is 4.98 Å². The summed E-state index contributed by atoms with van der Waals surface area (Å²) in [6, 6.07) is 8.01. The van der Waals surface area contributed by atoms with Crippen molar-refractivity contribution in [3.05, 3.63) is 42.1 Å². The van der Waals surface area contributed by atoms with Crippen LogP contribution in [0.1, 0.15) is 12.5 Å². The maximum atomic E-state index is 5.33. The van der Waals surface area contributed by atoms with Crippen molar-refractivity contribution in [1.29, 1.82) is 0 Å². The highest BCUT2D eigenvalue weighted by Gasteiger charge is 2.02. The fourth-order valence-corrected chi connectivity index (χ4v) is 1.60. The molecular weight excluding hydrogens is 186 g/mol. The SMILES string of the molecule is C/C=C/c1cc2ncccc2cc1OC. The highest BCUT2D eigenvalue weighted by Crippen LogP contribution is 2.25. The lowest BCUT2D eigenvalue weighted by atomic mass is 10.1. The van der Waals surface area contributed by atoms with E-state index in [0.29, 0.717) is 0 Å². The molecule has 15 heavy (non-hydrogen) atoms. The Balaban J connectivity index is 2.69. The molecule has 0 fully saturated rings. The Morgan fingerprint density at radius 2 is 2.20 bits per heavy atom. The third-order valence-corrected chi connectivity index (χ3v) is 2.30. The molecule has 0 aliphatic rings. The molecule has 76 valence electrons. The van der Waals surface area contributed by atoms with Gasteiger partial charge in [0, 0.05) is 17.1 Å². The minimum Gasteiger partial charge on any atom is -0.496 e. The van der Waals surface area contributed by atoms with Crippen LogP contribution in [0.2, 0.25) is 0 Å². The zero-order valence-electron chi connectivity index (χ0n) is 8.90. The Morgan fingerprint density at radius 3 is 2.93 bits per heavy atom. The van der Waals surface area contributed by atoms with Gasteiger partial charge in [0.05, 0.1) is 12.6 Å². The van der Waals surface area contributed by atoms with Crippen LogP contribution in [0.15, 0.2) is 36.5 Å². The van der Waals surface area contributed by atoms with E-state index >= 15 is 0 Å². The molecule has 0 unspecified atom stereocenters. The van der Waals surface area contributed by atoms with E-state index in [1.807, 2.05) is 43.3 Å². The van der Waals surface area contributed by atoms with Crippen molar-refractivity contribution in [2.75, 3.05) is 7.11 Å². The van der Waals surface area contributed by atoms with Gasteiger partial charge in [0.25, 0.3) is 0 Å². The van der Waals surface area contributed by atoms with Gasteiger partial charge < -0.3 is 4.74 Å². The number of nitrogens with zero attached hydrogens (tertiary/aromatic N) is 1. The fourth-order valence-electron chi connectivity index (χ4n) is 1.60. The molecule has 1 aromatic carbocycles. The van der Waals surface area contributed by atoms with Gasteiger partial charge in [-0.25, -0.2) is 0 Å². The lowest BCUT2D eigenvalue weighted by Crippen LogP contribution is -1.88. The molecular formula is C13H13NO. The van der Waals surface area contributed by atoms with E-state index < -0.39 is 0 Å². The minimum absolute atomic E-state index is 0.883. The van der Waals surface area contributed by atoms with Crippen molar-refractivity contribution in [3.8, 4) is 5.75 Å². The number of ether oxygens (including phenoxy) is 1. The molecule has 0 aliphatic heterocycles. The second-order valence-corrected chi connectivity index (χ2v) is 3.29. The van der Waals surface area contributed by atoms with Crippen LogP contribution in [0.3, 0.4) is 0 Å². The standard InChI is InChI=1S/C13H13NO/c1-3-5-11-8-12-10(6-4-7-14-12)9-13(11)15-2/h3-9H,1-2H3/b5-3+. The Labute approximate surface area is 89.2 Å². The summed E-state index contributed by atoms with van der Waals surface area (Å²) < 4.78 is 5.33. The van der Waals surface area contributed by atoms with Crippen molar-refractivity contribution in [3.63, 3.8) is 0 Å². The molecule has 1 heterocycles. The summed E-state index contributed by atoms with van der Waals surface area (Å²) in [6.07, 6.45) is 5.81. The van der Waals surface area contributed by atoms with Crippen molar-refractivity contribution >= 4 is 17.0 Å². The van der Waals surface area contributed by atoms with Crippen molar-refractivity contribution in [2.45, 2.75) is 6.92 Å². The van der Waals surface area contributed by atoms with Crippen molar-refractivity contribution < 1.29 is 4.74 Å². The molecule has 0 saturated heterocycles. The molecule has 0 radical (unpaired) electrons. The van der Waals surface area contributed by atoms with Crippen LogP contribution in [0, 0.1) is 0 Å². The summed E-state index contributed by atoms with van der Waals surface area (Å²) in [7, 11) is 1.69. The van der Waals surface area contributed by atoms with Gasteiger partial charge in [-0.15, -0.1) is 0 Å². The number of benzene rings is 1. The van der Waals surface area contributed by atoms with Gasteiger partial charge in [0.15, 0.2) is 0 Å². The molecule has 2 heteroatoms. The van der Waals surface area contributed by atoms with E-state index in [1.54, 1.807) is 13.3 Å². The van der Waals surface area contributed by atoms with Crippen LogP contribution in [-0.2, 0) is 0 Å². The van der Waals surface area contributed by atoms with Gasteiger partial charge in [-0.05, 0) is 25.1 Å². The van der Waals surface area contributed by atoms with Crippen LogP contribution >= 0.6 is 0 Å². The summed E-state index contributed by atoms with van der Waals surface area (Å²) in [5.74, 6) is 0.883. The van der Waals surface area contributed by atoms with Gasteiger partial charge in [-0.2, -0.15) is 0 Å². The number of methoxy groups -OCH3 is 1. The number of rotatable bonds is 2. The van der Waals surface area contributed by atoms with Crippen LogP contribution < -0.4 is 4.74 Å². The zero-order valence-corrected chi connectivity index (χ0v) is 8.90. The summed E-state index contributed by atoms with van der Waals surface area (Å²) >= 11 is 0. The third kappa shape index (κ3) is 1.84. The summed E-state index contributed by atoms with van der Waals surface area (Å²) in [5.41, 5.74) is 2.05. The average Bonchev–Trinajstić information content (AvgIpc) is 2.28. The number of pyridine rings is 1. The fraction of sp³-hybridized carbons (Fsp3) is 0.154. The summed E-state index contributed by atoms with van der Waals surface area (Å²) in [6.45, 7) is 1.99. The molecule has 0 amide bonds. The molecule has 0 atom stereocenters. The molecule has 2 nitrogen and oxygen atoms in total. The van der Waals surface area contributed by atoms with Crippen LogP contribution in [-0.4, -0.2) is 12.1 Å². The number of fused-ring (bicyclic) bond motifs is 1. The van der Waals surface area contributed by atoms with E-state index in [-0.39, 0.29) is 0 Å². The Bertz CT molecular complexity index is 503. The second kappa shape index (κ2) is 4.13. The Kier molecular flexibility index (Phi) is 2.68. The molecule has 0 N–H and O–H groups in total. The molecule has 0 bridgehead atoms. The number of hydrogen-bond donors (Lipinski definition) is 0. The lowest BCUT2D eigenvalue weighted by molar-refractivity contribution is 0.414. The maximum Gasteiger partial charge on any atom is 0.126 e. The first-order chi connectivity index (χ1) is 7.35.